The predicted octanol–water partition coefficient (Wildman–Crippen LogP) is 2.81. The number of hydrogen-bond acceptors (Lipinski definition) is 5. The highest BCUT2D eigenvalue weighted by Crippen LogP contribution is 2.30. The largest absolute Gasteiger partial charge is 0.378 e. The number of aromatic nitrogens is 1. The van der Waals surface area contributed by atoms with Crippen molar-refractivity contribution in [1.82, 2.24) is 9.71 Å². The van der Waals surface area contributed by atoms with Crippen LogP contribution in [0.4, 0.5) is 5.69 Å². The lowest BCUT2D eigenvalue weighted by molar-refractivity contribution is -0.00738. The van der Waals surface area contributed by atoms with Gasteiger partial charge in [-0.3, -0.25) is 4.98 Å². The van der Waals surface area contributed by atoms with Crippen LogP contribution in [0, 0.1) is 11.8 Å². The SMILES string of the molecule is CCC1CCC(OCC2CN(c3ccncc3)CCC2NS(C)(=O)=O)CC1. The standard InChI is InChI=1S/C20H33N3O3S/c1-3-16-4-6-19(7-5-16)26-15-17-14-23(18-8-11-21-12-9-18)13-10-20(17)22-27(2,24)25/h8-9,11-12,16-17,19-20,22H,3-7,10,13-15H2,1-2H3. The molecule has 2 heterocycles. The van der Waals surface area contributed by atoms with Crippen molar-refractivity contribution in [3.8, 4) is 0 Å². The van der Waals surface area contributed by atoms with Crippen molar-refractivity contribution in [2.75, 3.05) is 30.9 Å². The monoisotopic (exact) mass is 395 g/mol. The van der Waals surface area contributed by atoms with Crippen LogP contribution in [-0.4, -0.2) is 51.5 Å². The summed E-state index contributed by atoms with van der Waals surface area (Å²) in [4.78, 5) is 6.40. The highest BCUT2D eigenvalue weighted by Gasteiger charge is 2.32. The van der Waals surface area contributed by atoms with Gasteiger partial charge >= 0.3 is 0 Å². The molecule has 27 heavy (non-hydrogen) atoms. The molecule has 2 fully saturated rings. The van der Waals surface area contributed by atoms with Gasteiger partial charge in [-0.1, -0.05) is 13.3 Å². The Balaban J connectivity index is 1.61. The second-order valence-electron chi connectivity index (χ2n) is 8.08. The smallest absolute Gasteiger partial charge is 0.208 e. The highest BCUT2D eigenvalue weighted by atomic mass is 32.2. The summed E-state index contributed by atoms with van der Waals surface area (Å²) < 4.78 is 32.7. The van der Waals surface area contributed by atoms with Crippen molar-refractivity contribution in [3.05, 3.63) is 24.5 Å². The summed E-state index contributed by atoms with van der Waals surface area (Å²) in [5, 5.41) is 0. The van der Waals surface area contributed by atoms with Gasteiger partial charge in [0.15, 0.2) is 0 Å². The first-order chi connectivity index (χ1) is 12.9. The molecule has 1 aromatic heterocycles. The van der Waals surface area contributed by atoms with E-state index in [1.165, 1.54) is 25.5 Å². The van der Waals surface area contributed by atoms with Gasteiger partial charge in [0.2, 0.25) is 10.0 Å². The van der Waals surface area contributed by atoms with Gasteiger partial charge in [0.25, 0.3) is 0 Å². The van der Waals surface area contributed by atoms with E-state index in [0.29, 0.717) is 12.7 Å². The first-order valence-corrected chi connectivity index (χ1v) is 12.1. The van der Waals surface area contributed by atoms with E-state index in [2.05, 4.69) is 21.5 Å². The molecule has 2 unspecified atom stereocenters. The van der Waals surface area contributed by atoms with Crippen molar-refractivity contribution in [1.29, 1.82) is 0 Å². The number of ether oxygens (including phenoxy) is 1. The van der Waals surface area contributed by atoms with E-state index >= 15 is 0 Å². The van der Waals surface area contributed by atoms with Crippen molar-refractivity contribution < 1.29 is 13.2 Å². The summed E-state index contributed by atoms with van der Waals surface area (Å²) >= 11 is 0. The number of rotatable bonds is 7. The fourth-order valence-corrected chi connectivity index (χ4v) is 5.25. The minimum Gasteiger partial charge on any atom is -0.378 e. The molecule has 1 aliphatic heterocycles. The van der Waals surface area contributed by atoms with Crippen molar-refractivity contribution in [3.63, 3.8) is 0 Å². The summed E-state index contributed by atoms with van der Waals surface area (Å²) in [7, 11) is -3.23. The molecule has 1 N–H and O–H groups in total. The third-order valence-electron chi connectivity index (χ3n) is 6.04. The maximum Gasteiger partial charge on any atom is 0.208 e. The third kappa shape index (κ3) is 6.16. The molecule has 1 aromatic rings. The molecule has 0 aromatic carbocycles. The van der Waals surface area contributed by atoms with Crippen LogP contribution < -0.4 is 9.62 Å². The average molecular weight is 396 g/mol. The average Bonchev–Trinajstić information content (AvgIpc) is 2.67. The van der Waals surface area contributed by atoms with E-state index in [0.717, 1.165) is 44.0 Å². The minimum atomic E-state index is -3.23. The highest BCUT2D eigenvalue weighted by molar-refractivity contribution is 7.88. The van der Waals surface area contributed by atoms with Gasteiger partial charge in [0.1, 0.15) is 0 Å². The van der Waals surface area contributed by atoms with Crippen LogP contribution in [0.25, 0.3) is 0 Å². The second kappa shape index (κ2) is 9.34. The Labute approximate surface area is 163 Å². The summed E-state index contributed by atoms with van der Waals surface area (Å²) in [5.41, 5.74) is 1.14. The van der Waals surface area contributed by atoms with Crippen molar-refractivity contribution >= 4 is 15.7 Å². The molecule has 3 rings (SSSR count). The summed E-state index contributed by atoms with van der Waals surface area (Å²) in [6.45, 7) is 4.50. The second-order valence-corrected chi connectivity index (χ2v) is 9.86. The number of hydrogen-bond donors (Lipinski definition) is 1. The Hall–Kier alpha value is -1.18. The number of anilines is 1. The normalized spacial score (nSPS) is 29.6. The van der Waals surface area contributed by atoms with Crippen LogP contribution >= 0.6 is 0 Å². The zero-order chi connectivity index (χ0) is 19.3. The van der Waals surface area contributed by atoms with Gasteiger partial charge in [-0.15, -0.1) is 0 Å². The molecule has 7 heteroatoms. The van der Waals surface area contributed by atoms with Crippen LogP contribution in [0.5, 0.6) is 0 Å². The fourth-order valence-electron chi connectivity index (χ4n) is 4.39. The van der Waals surface area contributed by atoms with Gasteiger partial charge in [-0.05, 0) is 50.2 Å². The minimum absolute atomic E-state index is 0.0648. The fraction of sp³-hybridized carbons (Fsp3) is 0.750. The maximum absolute atomic E-state index is 11.8. The zero-order valence-electron chi connectivity index (χ0n) is 16.5. The van der Waals surface area contributed by atoms with Crippen molar-refractivity contribution in [2.45, 2.75) is 57.6 Å². The van der Waals surface area contributed by atoms with Crippen LogP contribution in [0.1, 0.15) is 45.4 Å². The molecule has 2 atom stereocenters. The lowest BCUT2D eigenvalue weighted by Gasteiger charge is -2.40. The van der Waals surface area contributed by atoms with Crippen LogP contribution in [0.3, 0.4) is 0 Å². The number of piperidine rings is 1. The molecule has 2 aliphatic rings. The van der Waals surface area contributed by atoms with E-state index in [1.807, 2.05) is 12.1 Å². The lowest BCUT2D eigenvalue weighted by atomic mass is 9.85. The number of nitrogens with zero attached hydrogens (tertiary/aromatic N) is 2. The molecular formula is C20H33N3O3S. The Bertz CT molecular complexity index is 675. The molecule has 0 bridgehead atoms. The van der Waals surface area contributed by atoms with E-state index in [1.54, 1.807) is 12.4 Å². The molecule has 1 saturated heterocycles. The summed E-state index contributed by atoms with van der Waals surface area (Å²) in [6.07, 6.45) is 12.0. The van der Waals surface area contributed by atoms with E-state index in [4.69, 9.17) is 4.74 Å². The third-order valence-corrected chi connectivity index (χ3v) is 6.78. The van der Waals surface area contributed by atoms with Gasteiger partial charge in [0.05, 0.1) is 19.0 Å². The Morgan fingerprint density at radius 1 is 1.19 bits per heavy atom. The molecule has 152 valence electrons. The topological polar surface area (TPSA) is 71.5 Å². The predicted molar refractivity (Wildman–Crippen MR) is 108 cm³/mol. The molecule has 0 spiro atoms. The molecule has 6 nitrogen and oxygen atoms in total. The zero-order valence-corrected chi connectivity index (χ0v) is 17.3. The maximum atomic E-state index is 11.8. The van der Waals surface area contributed by atoms with Gasteiger partial charge in [-0.2, -0.15) is 0 Å². The Morgan fingerprint density at radius 2 is 1.89 bits per heavy atom. The quantitative estimate of drug-likeness (QED) is 0.769. The van der Waals surface area contributed by atoms with Crippen molar-refractivity contribution in [2.24, 2.45) is 11.8 Å². The first-order valence-electron chi connectivity index (χ1n) is 10.2. The number of pyridine rings is 1. The van der Waals surface area contributed by atoms with Gasteiger partial charge in [0, 0.05) is 43.1 Å². The van der Waals surface area contributed by atoms with Crippen LogP contribution in [-0.2, 0) is 14.8 Å². The van der Waals surface area contributed by atoms with Crippen LogP contribution in [0.15, 0.2) is 24.5 Å². The molecular weight excluding hydrogens is 362 g/mol. The number of sulfonamides is 1. The van der Waals surface area contributed by atoms with E-state index in [9.17, 15) is 8.42 Å². The first kappa shape index (κ1) is 20.6. The van der Waals surface area contributed by atoms with E-state index in [-0.39, 0.29) is 12.0 Å². The molecule has 0 amide bonds. The van der Waals surface area contributed by atoms with E-state index < -0.39 is 10.0 Å². The van der Waals surface area contributed by atoms with Gasteiger partial charge in [-0.25, -0.2) is 13.1 Å². The molecule has 1 saturated carbocycles. The Morgan fingerprint density at radius 3 is 2.52 bits per heavy atom. The number of nitrogens with one attached hydrogen (secondary N) is 1. The summed E-state index contributed by atoms with van der Waals surface area (Å²) in [6, 6.07) is 3.95. The molecule has 1 aliphatic carbocycles. The molecule has 0 radical (unpaired) electrons. The summed E-state index contributed by atoms with van der Waals surface area (Å²) in [5.74, 6) is 0.993. The van der Waals surface area contributed by atoms with Crippen LogP contribution in [0.2, 0.25) is 0 Å². The lowest BCUT2D eigenvalue weighted by Crippen LogP contribution is -2.52. The Kier molecular flexibility index (Phi) is 7.11. The van der Waals surface area contributed by atoms with Gasteiger partial charge < -0.3 is 9.64 Å².